The van der Waals surface area contributed by atoms with Gasteiger partial charge in [0.15, 0.2) is 17.9 Å². The first kappa shape index (κ1) is 9.38. The van der Waals surface area contributed by atoms with Gasteiger partial charge in [-0.1, -0.05) is 6.07 Å². The molecule has 0 aliphatic heterocycles. The highest BCUT2D eigenvalue weighted by atomic mass is 19.1. The third-order valence-corrected chi connectivity index (χ3v) is 1.37. The van der Waals surface area contributed by atoms with Crippen molar-refractivity contribution in [3.05, 3.63) is 29.6 Å². The van der Waals surface area contributed by atoms with E-state index in [1.54, 1.807) is 0 Å². The maximum absolute atomic E-state index is 13.0. The van der Waals surface area contributed by atoms with E-state index in [2.05, 4.69) is 4.74 Å². The summed E-state index contributed by atoms with van der Waals surface area (Å²) in [5, 5.41) is 0. The van der Waals surface area contributed by atoms with Gasteiger partial charge in [0.2, 0.25) is 0 Å². The Morgan fingerprint density at radius 3 is 2.77 bits per heavy atom. The normalized spacial score (nSPS) is 9.38. The number of hydrogen-bond acceptors (Lipinski definition) is 3. The number of ether oxygens (including phenoxy) is 1. The van der Waals surface area contributed by atoms with Crippen LogP contribution >= 0.6 is 0 Å². The molecule has 0 saturated carbocycles. The Bertz CT molecular complexity index is 347. The minimum Gasteiger partial charge on any atom is -0.423 e. The minimum atomic E-state index is -0.722. The largest absolute Gasteiger partial charge is 0.423 e. The third kappa shape index (κ3) is 2.11. The lowest BCUT2D eigenvalue weighted by Gasteiger charge is -2.04. The van der Waals surface area contributed by atoms with Crippen LogP contribution in [0.4, 0.5) is 4.39 Å². The fourth-order valence-electron chi connectivity index (χ4n) is 0.870. The molecule has 1 aromatic rings. The quantitative estimate of drug-likeness (QED) is 0.396. The number of halogens is 1. The number of esters is 1. The highest BCUT2D eigenvalue weighted by molar-refractivity contribution is 5.81. The Morgan fingerprint density at radius 1 is 1.54 bits per heavy atom. The summed E-state index contributed by atoms with van der Waals surface area (Å²) in [4.78, 5) is 20.9. The lowest BCUT2D eigenvalue weighted by molar-refractivity contribution is -0.132. The second-order valence-corrected chi connectivity index (χ2v) is 2.37. The zero-order valence-corrected chi connectivity index (χ0v) is 6.91. The second kappa shape index (κ2) is 3.80. The van der Waals surface area contributed by atoms with Crippen LogP contribution < -0.4 is 4.74 Å². The predicted octanol–water partition coefficient (Wildman–Crippen LogP) is 1.56. The van der Waals surface area contributed by atoms with Gasteiger partial charge in [-0.15, -0.1) is 0 Å². The average Bonchev–Trinajstić information content (AvgIpc) is 2.08. The minimum absolute atomic E-state index is 0.0233. The molecule has 0 bridgehead atoms. The van der Waals surface area contributed by atoms with Gasteiger partial charge < -0.3 is 4.74 Å². The molecule has 0 N–H and O–H groups in total. The molecule has 3 nitrogen and oxygen atoms in total. The summed E-state index contributed by atoms with van der Waals surface area (Å²) in [6.45, 7) is 1.14. The molecule has 1 aromatic carbocycles. The molecular weight excluding hydrogens is 175 g/mol. The maximum atomic E-state index is 13.0. The van der Waals surface area contributed by atoms with Gasteiger partial charge in [0, 0.05) is 6.92 Å². The van der Waals surface area contributed by atoms with Crippen LogP contribution in [0.5, 0.6) is 5.75 Å². The van der Waals surface area contributed by atoms with Crippen molar-refractivity contribution in [1.29, 1.82) is 0 Å². The van der Waals surface area contributed by atoms with Crippen LogP contribution in [0.1, 0.15) is 17.3 Å². The van der Waals surface area contributed by atoms with E-state index in [1.807, 2.05) is 0 Å². The lowest BCUT2D eigenvalue weighted by atomic mass is 10.2. The molecule has 1 rings (SSSR count). The van der Waals surface area contributed by atoms with Crippen molar-refractivity contribution in [2.75, 3.05) is 0 Å². The van der Waals surface area contributed by atoms with Crippen LogP contribution in [0.3, 0.4) is 0 Å². The number of rotatable bonds is 2. The van der Waals surface area contributed by atoms with Gasteiger partial charge in [0.25, 0.3) is 0 Å². The Morgan fingerprint density at radius 2 is 2.23 bits per heavy atom. The van der Waals surface area contributed by atoms with Gasteiger partial charge in [-0.3, -0.25) is 9.59 Å². The Kier molecular flexibility index (Phi) is 2.74. The molecule has 0 aliphatic rings. The highest BCUT2D eigenvalue weighted by Gasteiger charge is 2.10. The molecule has 0 heterocycles. The average molecular weight is 182 g/mol. The first-order valence-corrected chi connectivity index (χ1v) is 3.57. The van der Waals surface area contributed by atoms with Crippen molar-refractivity contribution >= 4 is 12.3 Å². The van der Waals surface area contributed by atoms with Crippen molar-refractivity contribution in [3.8, 4) is 5.75 Å². The Balaban J connectivity index is 3.14. The summed E-state index contributed by atoms with van der Waals surface area (Å²) in [7, 11) is 0. The summed E-state index contributed by atoms with van der Waals surface area (Å²) in [6, 6.07) is 3.85. The lowest BCUT2D eigenvalue weighted by Crippen LogP contribution is -2.05. The zero-order chi connectivity index (χ0) is 9.84. The smallest absolute Gasteiger partial charge is 0.308 e. The van der Waals surface area contributed by atoms with Crippen molar-refractivity contribution in [3.63, 3.8) is 0 Å². The fraction of sp³-hybridized carbons (Fsp3) is 0.111. The monoisotopic (exact) mass is 182 g/mol. The van der Waals surface area contributed by atoms with Crippen molar-refractivity contribution in [1.82, 2.24) is 0 Å². The summed E-state index contributed by atoms with van der Waals surface area (Å²) in [5.41, 5.74) is 0.0233. The maximum Gasteiger partial charge on any atom is 0.308 e. The molecule has 0 radical (unpaired) electrons. The summed E-state index contributed by atoms with van der Waals surface area (Å²) >= 11 is 0. The summed E-state index contributed by atoms with van der Waals surface area (Å²) in [5.74, 6) is -1.70. The SMILES string of the molecule is CC(=O)Oc1c(F)cccc1C=O. The van der Waals surface area contributed by atoms with Crippen molar-refractivity contribution in [2.45, 2.75) is 6.92 Å². The Labute approximate surface area is 74.1 Å². The number of benzene rings is 1. The van der Waals surface area contributed by atoms with Gasteiger partial charge in [-0.05, 0) is 12.1 Å². The molecule has 0 unspecified atom stereocenters. The topological polar surface area (TPSA) is 43.4 Å². The molecular formula is C9H7FO3. The van der Waals surface area contributed by atoms with Crippen molar-refractivity contribution in [2.24, 2.45) is 0 Å². The number of carbonyl (C=O) groups is 2. The van der Waals surface area contributed by atoms with Crippen LogP contribution in [0.2, 0.25) is 0 Å². The fourth-order valence-corrected chi connectivity index (χ4v) is 0.870. The van der Waals surface area contributed by atoms with Gasteiger partial charge in [-0.2, -0.15) is 0 Å². The molecule has 0 atom stereocenters. The van der Waals surface area contributed by atoms with Gasteiger partial charge in [0.1, 0.15) is 0 Å². The molecule has 0 saturated heterocycles. The number of carbonyl (C=O) groups excluding carboxylic acids is 2. The molecule has 0 aromatic heterocycles. The number of hydrogen-bond donors (Lipinski definition) is 0. The van der Waals surface area contributed by atoms with Gasteiger partial charge in [-0.25, -0.2) is 4.39 Å². The molecule has 68 valence electrons. The first-order valence-electron chi connectivity index (χ1n) is 3.57. The Hall–Kier alpha value is -1.71. The molecule has 0 fully saturated rings. The highest BCUT2D eigenvalue weighted by Crippen LogP contribution is 2.20. The summed E-state index contributed by atoms with van der Waals surface area (Å²) < 4.78 is 17.5. The first-order chi connectivity index (χ1) is 6.15. The van der Waals surface area contributed by atoms with E-state index in [-0.39, 0.29) is 11.3 Å². The van der Waals surface area contributed by atoms with Gasteiger partial charge in [0.05, 0.1) is 5.56 Å². The van der Waals surface area contributed by atoms with E-state index in [4.69, 9.17) is 0 Å². The molecule has 13 heavy (non-hydrogen) atoms. The number of para-hydroxylation sites is 1. The third-order valence-electron chi connectivity index (χ3n) is 1.37. The van der Waals surface area contributed by atoms with E-state index >= 15 is 0 Å². The summed E-state index contributed by atoms with van der Waals surface area (Å²) in [6.07, 6.45) is 0.432. The molecule has 0 spiro atoms. The van der Waals surface area contributed by atoms with Crippen LogP contribution in [0.15, 0.2) is 18.2 Å². The zero-order valence-electron chi connectivity index (χ0n) is 6.91. The van der Waals surface area contributed by atoms with E-state index in [0.29, 0.717) is 6.29 Å². The van der Waals surface area contributed by atoms with Crippen LogP contribution in [0.25, 0.3) is 0 Å². The standard InChI is InChI=1S/C9H7FO3/c1-6(12)13-9-7(5-11)3-2-4-8(9)10/h2-5H,1H3. The van der Waals surface area contributed by atoms with Crippen molar-refractivity contribution < 1.29 is 18.7 Å². The van der Waals surface area contributed by atoms with E-state index in [1.165, 1.54) is 12.1 Å². The van der Waals surface area contributed by atoms with Crippen LogP contribution in [-0.2, 0) is 4.79 Å². The molecule has 0 aliphatic carbocycles. The number of aldehydes is 1. The van der Waals surface area contributed by atoms with E-state index < -0.39 is 11.8 Å². The van der Waals surface area contributed by atoms with Crippen LogP contribution in [0, 0.1) is 5.82 Å². The van der Waals surface area contributed by atoms with Gasteiger partial charge >= 0.3 is 5.97 Å². The predicted molar refractivity (Wildman–Crippen MR) is 43.1 cm³/mol. The van der Waals surface area contributed by atoms with E-state index in [0.717, 1.165) is 13.0 Å². The molecule has 4 heteroatoms. The molecule has 0 amide bonds. The second-order valence-electron chi connectivity index (χ2n) is 2.37. The van der Waals surface area contributed by atoms with E-state index in [9.17, 15) is 14.0 Å². The van der Waals surface area contributed by atoms with Crippen LogP contribution in [-0.4, -0.2) is 12.3 Å².